The highest BCUT2D eigenvalue weighted by Crippen LogP contribution is 2.44. The van der Waals surface area contributed by atoms with Crippen molar-refractivity contribution in [3.8, 4) is 22.9 Å². The molecule has 4 atom stereocenters. The van der Waals surface area contributed by atoms with Crippen molar-refractivity contribution >= 4 is 70.1 Å². The molecule has 6 heterocycles. The van der Waals surface area contributed by atoms with Gasteiger partial charge in [0.15, 0.2) is 11.5 Å². The second-order valence-corrected chi connectivity index (χ2v) is 19.7. The first kappa shape index (κ1) is 56.5. The Balaban J connectivity index is 0.902. The number of carbonyl (C=O) groups excluding carboxylic acids is 8. The average molecular weight is 1090 g/mol. The van der Waals surface area contributed by atoms with E-state index < -0.39 is 89.2 Å². The number of hydrogen-bond acceptors (Lipinski definition) is 18. The summed E-state index contributed by atoms with van der Waals surface area (Å²) in [4.78, 5) is 136. The van der Waals surface area contributed by atoms with Crippen molar-refractivity contribution in [2.45, 2.75) is 116 Å². The van der Waals surface area contributed by atoms with Crippen LogP contribution < -0.4 is 47.4 Å². The third-order valence-electron chi connectivity index (χ3n) is 13.8. The second-order valence-electron chi connectivity index (χ2n) is 19.7. The van der Waals surface area contributed by atoms with Gasteiger partial charge in [-0.05, 0) is 87.0 Å². The number of cyclic esters (lactones) is 1. The third-order valence-corrected chi connectivity index (χ3v) is 13.8. The molecule has 0 saturated carbocycles. The molecule has 0 fully saturated rings. The van der Waals surface area contributed by atoms with Gasteiger partial charge in [0, 0.05) is 66.4 Å². The summed E-state index contributed by atoms with van der Waals surface area (Å²) < 4.78 is 29.7. The van der Waals surface area contributed by atoms with E-state index in [0.717, 1.165) is 40.0 Å². The molecule has 2 aromatic carbocycles. The van der Waals surface area contributed by atoms with E-state index in [2.05, 4.69) is 26.6 Å². The van der Waals surface area contributed by atoms with Crippen LogP contribution in [0.5, 0.6) is 11.5 Å². The van der Waals surface area contributed by atoms with Gasteiger partial charge in [-0.15, -0.1) is 0 Å². The number of aliphatic carboxylic acids is 1. The molecule has 4 aliphatic heterocycles. The number of nitrogens with two attached hydrogens (primary N) is 1. The summed E-state index contributed by atoms with van der Waals surface area (Å²) in [5.41, 5.74) is 7.30. The minimum atomic E-state index is -2.07. The SMILES string of the molecule is CC[C@@]1(OC(=O)OCc2ccc(NC(=O)[C@H](CCC(=O)O)NC(=O)[C@H](C)NC(=O)[C@@H](CC(C)C)NC(=O)CCN3C(=O)C=CC3=O)cc2)C(=O)OCc2c1cc1n(c2=O)Cc2c-1nc1cc3c(cc1c2CNCCCN)OCO3. The number of carboxylic acids is 1. The van der Waals surface area contributed by atoms with Crippen molar-refractivity contribution in [1.29, 1.82) is 0 Å². The first-order valence-electron chi connectivity index (χ1n) is 25.8. The molecule has 25 nitrogen and oxygen atoms in total. The summed E-state index contributed by atoms with van der Waals surface area (Å²) in [7, 11) is 0. The maximum Gasteiger partial charge on any atom is 0.510 e. The summed E-state index contributed by atoms with van der Waals surface area (Å²) in [5, 5.41) is 23.9. The van der Waals surface area contributed by atoms with Gasteiger partial charge in [0.25, 0.3) is 17.4 Å². The standard InChI is InChI=1S/C54H61N9O16/c1-5-54(36-21-40-47-34(24-63(40)51(72)35(36)26-75-52(54)73)33(23-56-17-6-16-55)32-20-41-42(78-27-77-41)22-38(32)60-47)79-53(74)76-25-30-7-9-31(10-8-30)58-49(70)37(11-14-46(67)68)61-48(69)29(4)57-50(71)39(19-28(2)3)59-43(64)15-18-62-44(65)12-13-45(62)66/h7-10,12-13,20-22,28-29,37,39,56H,5-6,11,14-19,23-27,55H2,1-4H3,(H,57,71)(H,58,70)(H,59,64)(H,61,69)(H,67,68)/t29-,37-,39+,54-/m0/s1. The molecule has 8 rings (SSSR count). The van der Waals surface area contributed by atoms with Crippen molar-refractivity contribution in [3.05, 3.63) is 92.8 Å². The molecule has 4 aromatic rings. The third kappa shape index (κ3) is 12.5. The fraction of sp³-hybridized carbons (Fsp3) is 0.426. The number of esters is 1. The molecule has 8 N–H and O–H groups in total. The van der Waals surface area contributed by atoms with Crippen LogP contribution >= 0.6 is 0 Å². The van der Waals surface area contributed by atoms with E-state index in [4.69, 9.17) is 34.4 Å². The van der Waals surface area contributed by atoms with Crippen LogP contribution in [-0.2, 0) is 84.5 Å². The Labute approximate surface area is 451 Å². The highest BCUT2D eigenvalue weighted by Gasteiger charge is 2.51. The van der Waals surface area contributed by atoms with Gasteiger partial charge in [0.1, 0.15) is 31.3 Å². The average Bonchev–Trinajstić information content (AvgIpc) is 4.35. The minimum absolute atomic E-state index is 0.0613. The largest absolute Gasteiger partial charge is 0.510 e. The number of fused-ring (bicyclic) bond motifs is 6. The number of rotatable bonds is 24. The van der Waals surface area contributed by atoms with Crippen molar-refractivity contribution in [1.82, 2.24) is 35.7 Å². The van der Waals surface area contributed by atoms with E-state index in [1.165, 1.54) is 31.2 Å². The van der Waals surface area contributed by atoms with Crippen molar-refractivity contribution in [2.75, 3.05) is 31.7 Å². The van der Waals surface area contributed by atoms with Gasteiger partial charge in [0.2, 0.25) is 36.0 Å². The van der Waals surface area contributed by atoms with Crippen LogP contribution in [0.3, 0.4) is 0 Å². The first-order valence-corrected chi connectivity index (χ1v) is 25.8. The fourth-order valence-corrected chi connectivity index (χ4v) is 9.63. The Morgan fingerprint density at radius 1 is 0.861 bits per heavy atom. The molecule has 4 aliphatic rings. The van der Waals surface area contributed by atoms with Crippen molar-refractivity contribution in [2.24, 2.45) is 11.7 Å². The molecular weight excluding hydrogens is 1030 g/mol. The molecule has 0 radical (unpaired) electrons. The fourth-order valence-electron chi connectivity index (χ4n) is 9.63. The zero-order valence-corrected chi connectivity index (χ0v) is 43.9. The van der Waals surface area contributed by atoms with Crippen LogP contribution in [0.25, 0.3) is 22.3 Å². The van der Waals surface area contributed by atoms with Gasteiger partial charge in [0.05, 0.1) is 29.0 Å². The van der Waals surface area contributed by atoms with Gasteiger partial charge in [-0.1, -0.05) is 32.9 Å². The lowest BCUT2D eigenvalue weighted by atomic mass is 9.85. The van der Waals surface area contributed by atoms with Crippen molar-refractivity contribution in [3.63, 3.8) is 0 Å². The van der Waals surface area contributed by atoms with Crippen LogP contribution in [0.4, 0.5) is 10.5 Å². The Hall–Kier alpha value is -8.71. The highest BCUT2D eigenvalue weighted by molar-refractivity contribution is 6.13. The Kier molecular flexibility index (Phi) is 17.4. The number of hydrogen-bond donors (Lipinski definition) is 7. The van der Waals surface area contributed by atoms with Gasteiger partial charge in [-0.3, -0.25) is 43.3 Å². The van der Waals surface area contributed by atoms with E-state index in [1.54, 1.807) is 23.6 Å². The molecule has 79 heavy (non-hydrogen) atoms. The molecule has 0 unspecified atom stereocenters. The Morgan fingerprint density at radius 2 is 1.58 bits per heavy atom. The predicted octanol–water partition coefficient (Wildman–Crippen LogP) is 2.25. The summed E-state index contributed by atoms with van der Waals surface area (Å²) in [6.45, 7) is 7.45. The molecule has 0 bridgehead atoms. The van der Waals surface area contributed by atoms with E-state index in [0.29, 0.717) is 53.6 Å². The Morgan fingerprint density at radius 3 is 2.27 bits per heavy atom. The number of pyridine rings is 2. The van der Waals surface area contributed by atoms with Gasteiger partial charge >= 0.3 is 18.1 Å². The van der Waals surface area contributed by atoms with Crippen LogP contribution in [0.15, 0.2) is 59.4 Å². The van der Waals surface area contributed by atoms with E-state index in [-0.39, 0.29) is 81.5 Å². The summed E-state index contributed by atoms with van der Waals surface area (Å²) in [6.07, 6.45) is 0.603. The molecule has 0 saturated heterocycles. The van der Waals surface area contributed by atoms with Crippen LogP contribution in [0.2, 0.25) is 0 Å². The summed E-state index contributed by atoms with van der Waals surface area (Å²) >= 11 is 0. The molecule has 0 spiro atoms. The number of carboxylic acid groups (broad SMARTS) is 1. The van der Waals surface area contributed by atoms with E-state index >= 15 is 0 Å². The number of nitrogens with one attached hydrogen (secondary N) is 5. The number of anilines is 1. The number of amides is 6. The normalized spacial score (nSPS) is 16.8. The zero-order valence-electron chi connectivity index (χ0n) is 43.9. The highest BCUT2D eigenvalue weighted by atomic mass is 16.7. The van der Waals surface area contributed by atoms with Crippen LogP contribution in [0.1, 0.15) is 94.0 Å². The summed E-state index contributed by atoms with van der Waals surface area (Å²) in [5.74, 6) is -5.22. The lowest BCUT2D eigenvalue weighted by Crippen LogP contribution is -2.55. The Bertz CT molecular complexity index is 3190. The number of nitrogens with zero attached hydrogens (tertiary/aromatic N) is 3. The van der Waals surface area contributed by atoms with E-state index in [1.807, 2.05) is 19.9 Å². The van der Waals surface area contributed by atoms with Gasteiger partial charge in [-0.2, -0.15) is 0 Å². The minimum Gasteiger partial charge on any atom is -0.481 e. The number of ether oxygens (including phenoxy) is 5. The van der Waals surface area contributed by atoms with E-state index in [9.17, 15) is 53.1 Å². The number of imide groups is 1. The maximum absolute atomic E-state index is 14.4. The molecule has 0 aliphatic carbocycles. The number of benzene rings is 2. The smallest absolute Gasteiger partial charge is 0.481 e. The van der Waals surface area contributed by atoms with Crippen molar-refractivity contribution < 1.29 is 71.9 Å². The zero-order chi connectivity index (χ0) is 56.7. The molecule has 418 valence electrons. The topological polar surface area (TPSA) is 344 Å². The molecule has 2 aromatic heterocycles. The van der Waals surface area contributed by atoms with Gasteiger partial charge in [-0.25, -0.2) is 14.6 Å². The number of carbonyl (C=O) groups is 9. The molecular formula is C54H61N9O16. The maximum atomic E-state index is 14.4. The second kappa shape index (κ2) is 24.3. The lowest BCUT2D eigenvalue weighted by molar-refractivity contribution is -0.175. The molecule has 25 heteroatoms. The van der Waals surface area contributed by atoms with Crippen LogP contribution in [0, 0.1) is 5.92 Å². The predicted molar refractivity (Wildman–Crippen MR) is 278 cm³/mol. The first-order chi connectivity index (χ1) is 37.8. The number of aromatic nitrogens is 2. The monoisotopic (exact) mass is 1090 g/mol. The van der Waals surface area contributed by atoms with Crippen LogP contribution in [-0.4, -0.2) is 118 Å². The quantitative estimate of drug-likeness (QED) is 0.0265. The van der Waals surface area contributed by atoms with Gasteiger partial charge < -0.3 is 65.7 Å². The molecule has 6 amide bonds. The lowest BCUT2D eigenvalue weighted by Gasteiger charge is -2.35. The summed E-state index contributed by atoms with van der Waals surface area (Å²) in [6, 6.07) is 7.48.